The zero-order valence-electron chi connectivity index (χ0n) is 15.6. The van der Waals surface area contributed by atoms with Crippen molar-refractivity contribution in [2.24, 2.45) is 0 Å². The number of halogens is 2. The van der Waals surface area contributed by atoms with E-state index in [2.05, 4.69) is 25.6 Å². The maximum atomic E-state index is 13.3. The van der Waals surface area contributed by atoms with E-state index in [1.807, 2.05) is 27.0 Å². The Balaban J connectivity index is 0.00000225. The van der Waals surface area contributed by atoms with Gasteiger partial charge in [-0.05, 0) is 51.2 Å². The number of nitrogens with one attached hydrogen (secondary N) is 1. The summed E-state index contributed by atoms with van der Waals surface area (Å²) >= 11 is 0. The van der Waals surface area contributed by atoms with Crippen LogP contribution < -0.4 is 5.32 Å². The molecule has 0 fully saturated rings. The van der Waals surface area contributed by atoms with Gasteiger partial charge in [0.05, 0.1) is 22.3 Å². The Labute approximate surface area is 166 Å². The number of benzene rings is 1. The Morgan fingerprint density at radius 1 is 1.11 bits per heavy atom. The van der Waals surface area contributed by atoms with Crippen LogP contribution >= 0.6 is 12.4 Å². The van der Waals surface area contributed by atoms with Gasteiger partial charge in [0.1, 0.15) is 5.82 Å². The van der Waals surface area contributed by atoms with Crippen molar-refractivity contribution in [2.45, 2.75) is 26.3 Å². The Morgan fingerprint density at radius 3 is 2.57 bits per heavy atom. The fourth-order valence-electron chi connectivity index (χ4n) is 2.85. The lowest BCUT2D eigenvalue weighted by Crippen LogP contribution is -2.24. The summed E-state index contributed by atoms with van der Waals surface area (Å²) in [7, 11) is 1.88. The smallest absolute Gasteiger partial charge is 0.259 e. The van der Waals surface area contributed by atoms with E-state index in [9.17, 15) is 4.39 Å². The van der Waals surface area contributed by atoms with E-state index in [4.69, 9.17) is 9.05 Å². The van der Waals surface area contributed by atoms with Crippen LogP contribution in [0.3, 0.4) is 0 Å². The van der Waals surface area contributed by atoms with Crippen LogP contribution in [0.5, 0.6) is 0 Å². The summed E-state index contributed by atoms with van der Waals surface area (Å²) in [5.41, 5.74) is 3.09. The Morgan fingerprint density at radius 2 is 1.86 bits per heavy atom. The van der Waals surface area contributed by atoms with Crippen LogP contribution in [-0.4, -0.2) is 33.4 Å². The van der Waals surface area contributed by atoms with E-state index in [1.165, 1.54) is 12.1 Å². The van der Waals surface area contributed by atoms with E-state index in [-0.39, 0.29) is 24.3 Å². The van der Waals surface area contributed by atoms with Gasteiger partial charge < -0.3 is 14.4 Å². The number of fused-ring (bicyclic) bond motifs is 1. The quantitative estimate of drug-likeness (QED) is 0.539. The molecule has 28 heavy (non-hydrogen) atoms. The van der Waals surface area contributed by atoms with Crippen LogP contribution in [0.15, 0.2) is 39.4 Å². The molecule has 1 aromatic carbocycles. The highest BCUT2D eigenvalue weighted by molar-refractivity contribution is 5.93. The van der Waals surface area contributed by atoms with Crippen molar-refractivity contribution in [3.8, 4) is 22.7 Å². The average Bonchev–Trinajstić information content (AvgIpc) is 3.28. The van der Waals surface area contributed by atoms with Gasteiger partial charge in [0, 0.05) is 18.0 Å². The summed E-state index contributed by atoms with van der Waals surface area (Å²) in [4.78, 5) is 9.01. The number of likely N-dealkylation sites (N-methyl/N-ethyl adjacent to an activating group) is 1. The molecule has 0 aliphatic heterocycles. The van der Waals surface area contributed by atoms with E-state index in [0.717, 1.165) is 10.9 Å². The summed E-state index contributed by atoms with van der Waals surface area (Å²) in [6, 6.07) is 8.14. The molecule has 0 amide bonds. The van der Waals surface area contributed by atoms with Gasteiger partial charge in [-0.2, -0.15) is 4.98 Å². The molecule has 0 aliphatic carbocycles. The average molecular weight is 404 g/mol. The minimum atomic E-state index is -0.309. The standard InChI is InChI=1S/C19H18FN5O2.ClH/c1-10(21-3)8-16-23-18(26-25-16)14-9-15(12-4-6-13(20)7-5-12)22-19-17(14)11(2)24-27-19;/h4-7,9-10,21H,8H2,1-3H3;1H. The predicted molar refractivity (Wildman–Crippen MR) is 105 cm³/mol. The maximum Gasteiger partial charge on any atom is 0.259 e. The first-order valence-corrected chi connectivity index (χ1v) is 8.58. The molecule has 0 saturated heterocycles. The van der Waals surface area contributed by atoms with Crippen molar-refractivity contribution in [2.75, 3.05) is 7.05 Å². The molecule has 3 heterocycles. The molecule has 7 nitrogen and oxygen atoms in total. The van der Waals surface area contributed by atoms with Crippen molar-refractivity contribution in [3.05, 3.63) is 47.7 Å². The summed E-state index contributed by atoms with van der Waals surface area (Å²) < 4.78 is 24.1. The van der Waals surface area contributed by atoms with Crippen LogP contribution in [0.4, 0.5) is 4.39 Å². The molecule has 4 aromatic rings. The third kappa shape index (κ3) is 3.74. The van der Waals surface area contributed by atoms with Crippen LogP contribution in [0.1, 0.15) is 18.4 Å². The van der Waals surface area contributed by atoms with Gasteiger partial charge >= 0.3 is 0 Å². The van der Waals surface area contributed by atoms with Gasteiger partial charge in [0.25, 0.3) is 11.6 Å². The lowest BCUT2D eigenvalue weighted by molar-refractivity contribution is 0.418. The molecule has 0 bridgehead atoms. The number of pyridine rings is 1. The molecule has 3 aromatic heterocycles. The molecular formula is C19H19ClFN5O2. The number of hydrogen-bond donors (Lipinski definition) is 1. The largest absolute Gasteiger partial charge is 0.335 e. The van der Waals surface area contributed by atoms with Gasteiger partial charge in [0.15, 0.2) is 5.82 Å². The number of aromatic nitrogens is 4. The lowest BCUT2D eigenvalue weighted by atomic mass is 10.1. The van der Waals surface area contributed by atoms with Crippen LogP contribution in [0.25, 0.3) is 33.8 Å². The zero-order chi connectivity index (χ0) is 19.0. The van der Waals surface area contributed by atoms with Crippen molar-refractivity contribution in [3.63, 3.8) is 0 Å². The van der Waals surface area contributed by atoms with E-state index >= 15 is 0 Å². The molecule has 0 aliphatic rings. The van der Waals surface area contributed by atoms with E-state index in [0.29, 0.717) is 40.8 Å². The summed E-state index contributed by atoms with van der Waals surface area (Å²) in [6.45, 7) is 3.87. The molecule has 0 spiro atoms. The molecule has 9 heteroatoms. The fourth-order valence-corrected chi connectivity index (χ4v) is 2.85. The highest BCUT2D eigenvalue weighted by Crippen LogP contribution is 2.33. The Kier molecular flexibility index (Phi) is 5.71. The zero-order valence-corrected chi connectivity index (χ0v) is 16.4. The fraction of sp³-hybridized carbons (Fsp3) is 0.263. The monoisotopic (exact) mass is 403 g/mol. The second-order valence-electron chi connectivity index (χ2n) is 6.42. The molecule has 4 rings (SSSR count). The molecule has 146 valence electrons. The minimum Gasteiger partial charge on any atom is -0.335 e. The van der Waals surface area contributed by atoms with Crippen LogP contribution in [0.2, 0.25) is 0 Å². The highest BCUT2D eigenvalue weighted by Gasteiger charge is 2.20. The molecule has 1 unspecified atom stereocenters. The third-order valence-electron chi connectivity index (χ3n) is 4.44. The van der Waals surface area contributed by atoms with Gasteiger partial charge in [-0.25, -0.2) is 9.37 Å². The molecule has 1 atom stereocenters. The number of aryl methyl sites for hydroxylation is 1. The predicted octanol–water partition coefficient (Wildman–Crippen LogP) is 3.96. The first kappa shape index (κ1) is 19.9. The number of rotatable bonds is 5. The highest BCUT2D eigenvalue weighted by atomic mass is 35.5. The van der Waals surface area contributed by atoms with Crippen LogP contribution in [-0.2, 0) is 6.42 Å². The van der Waals surface area contributed by atoms with Crippen LogP contribution in [0, 0.1) is 12.7 Å². The third-order valence-corrected chi connectivity index (χ3v) is 4.44. The van der Waals surface area contributed by atoms with Gasteiger partial charge in [-0.1, -0.05) is 10.3 Å². The topological polar surface area (TPSA) is 89.9 Å². The van der Waals surface area contributed by atoms with Gasteiger partial charge in [-0.15, -0.1) is 12.4 Å². The molecular weight excluding hydrogens is 385 g/mol. The normalized spacial score (nSPS) is 12.1. The van der Waals surface area contributed by atoms with Gasteiger partial charge in [-0.3, -0.25) is 0 Å². The van der Waals surface area contributed by atoms with Gasteiger partial charge in [0.2, 0.25) is 0 Å². The van der Waals surface area contributed by atoms with E-state index < -0.39 is 0 Å². The second-order valence-corrected chi connectivity index (χ2v) is 6.42. The molecule has 1 N–H and O–H groups in total. The summed E-state index contributed by atoms with van der Waals surface area (Å²) in [5.74, 6) is 0.667. The number of hydrogen-bond acceptors (Lipinski definition) is 7. The van der Waals surface area contributed by atoms with Crippen molar-refractivity contribution in [1.29, 1.82) is 0 Å². The first-order valence-electron chi connectivity index (χ1n) is 8.58. The lowest BCUT2D eigenvalue weighted by Gasteiger charge is -2.05. The summed E-state index contributed by atoms with van der Waals surface area (Å²) in [6.07, 6.45) is 0.641. The second kappa shape index (κ2) is 8.04. The SMILES string of the molecule is CNC(C)Cc1noc(-c2cc(-c3ccc(F)cc3)nc3onc(C)c23)n1.Cl. The first-order chi connectivity index (χ1) is 13.0. The van der Waals surface area contributed by atoms with Crippen molar-refractivity contribution in [1.82, 2.24) is 25.6 Å². The Bertz CT molecular complexity index is 1090. The Hall–Kier alpha value is -2.84. The maximum absolute atomic E-state index is 13.3. The molecule has 0 radical (unpaired) electrons. The minimum absolute atomic E-state index is 0. The van der Waals surface area contributed by atoms with Crippen molar-refractivity contribution < 1.29 is 13.4 Å². The number of nitrogens with zero attached hydrogens (tertiary/aromatic N) is 4. The molecule has 0 saturated carbocycles. The van der Waals surface area contributed by atoms with Crippen molar-refractivity contribution >= 4 is 23.5 Å². The summed E-state index contributed by atoms with van der Waals surface area (Å²) in [5, 5.41) is 11.9. The van der Waals surface area contributed by atoms with E-state index in [1.54, 1.807) is 12.1 Å².